The summed E-state index contributed by atoms with van der Waals surface area (Å²) in [4.78, 5) is 29.1. The quantitative estimate of drug-likeness (QED) is 0.808. The molecule has 29 heavy (non-hydrogen) atoms. The van der Waals surface area contributed by atoms with Gasteiger partial charge in [0.1, 0.15) is 5.56 Å². The normalized spacial score (nSPS) is 16.6. The predicted molar refractivity (Wildman–Crippen MR) is 112 cm³/mol. The molecule has 3 rings (SSSR count). The van der Waals surface area contributed by atoms with Crippen LogP contribution in [0.1, 0.15) is 47.8 Å². The van der Waals surface area contributed by atoms with E-state index in [2.05, 4.69) is 18.8 Å². The summed E-state index contributed by atoms with van der Waals surface area (Å²) in [6, 6.07) is 10.2. The molecule has 1 aromatic carbocycles. The van der Waals surface area contributed by atoms with Crippen LogP contribution in [0.15, 0.2) is 46.1 Å². The van der Waals surface area contributed by atoms with Gasteiger partial charge in [-0.05, 0) is 49.1 Å². The van der Waals surface area contributed by atoms with Crippen molar-refractivity contribution in [1.82, 2.24) is 14.2 Å². The van der Waals surface area contributed by atoms with Crippen molar-refractivity contribution in [3.05, 3.63) is 63.6 Å². The van der Waals surface area contributed by atoms with Crippen molar-refractivity contribution in [3.63, 3.8) is 0 Å². The molecular weight excluding hydrogens is 390 g/mol. The minimum absolute atomic E-state index is 0.0764. The Hall–Kier alpha value is -2.45. The van der Waals surface area contributed by atoms with E-state index in [1.807, 2.05) is 12.1 Å². The third-order valence-corrected chi connectivity index (χ3v) is 7.42. The number of hydrogen-bond donors (Lipinski definition) is 1. The van der Waals surface area contributed by atoms with Gasteiger partial charge in [0.25, 0.3) is 11.5 Å². The SMILES string of the molecule is CCC(C)c1ccc(S(=O)(=O)N2CCN(C(=O)c3ccc(C)[nH]c3=O)CC2)cc1. The van der Waals surface area contributed by atoms with Crippen LogP contribution in [-0.4, -0.2) is 54.7 Å². The van der Waals surface area contributed by atoms with Crippen LogP contribution in [0.5, 0.6) is 0 Å². The molecular formula is C21H27N3O4S. The molecule has 1 saturated heterocycles. The van der Waals surface area contributed by atoms with Crippen LogP contribution >= 0.6 is 0 Å². The first-order chi connectivity index (χ1) is 13.7. The first-order valence-electron chi connectivity index (χ1n) is 9.83. The number of sulfonamides is 1. The van der Waals surface area contributed by atoms with E-state index in [0.29, 0.717) is 11.6 Å². The molecule has 1 aliphatic rings. The van der Waals surface area contributed by atoms with E-state index in [-0.39, 0.29) is 42.5 Å². The monoisotopic (exact) mass is 417 g/mol. The number of amides is 1. The molecule has 2 heterocycles. The largest absolute Gasteiger partial charge is 0.336 e. The van der Waals surface area contributed by atoms with Crippen LogP contribution in [0.3, 0.4) is 0 Å². The Balaban J connectivity index is 1.69. The average molecular weight is 418 g/mol. The molecule has 2 aromatic rings. The molecule has 7 nitrogen and oxygen atoms in total. The Kier molecular flexibility index (Phi) is 6.24. The Morgan fingerprint density at radius 3 is 2.24 bits per heavy atom. The van der Waals surface area contributed by atoms with E-state index in [0.717, 1.165) is 12.0 Å². The number of H-pyrrole nitrogens is 1. The number of pyridine rings is 1. The highest BCUT2D eigenvalue weighted by molar-refractivity contribution is 7.89. The summed E-state index contributed by atoms with van der Waals surface area (Å²) in [6.45, 7) is 6.84. The molecule has 156 valence electrons. The molecule has 1 fully saturated rings. The van der Waals surface area contributed by atoms with Gasteiger partial charge in [-0.1, -0.05) is 26.0 Å². The molecule has 0 radical (unpaired) electrons. The Bertz CT molecular complexity index is 1040. The summed E-state index contributed by atoms with van der Waals surface area (Å²) in [5.74, 6) is 0.00689. The van der Waals surface area contributed by atoms with Gasteiger partial charge in [0, 0.05) is 31.9 Å². The summed E-state index contributed by atoms with van der Waals surface area (Å²) in [7, 11) is -3.61. The number of aromatic nitrogens is 1. The highest BCUT2D eigenvalue weighted by Gasteiger charge is 2.31. The highest BCUT2D eigenvalue weighted by Crippen LogP contribution is 2.23. The third kappa shape index (κ3) is 4.43. The van der Waals surface area contributed by atoms with Crippen molar-refractivity contribution < 1.29 is 13.2 Å². The van der Waals surface area contributed by atoms with E-state index < -0.39 is 15.6 Å². The summed E-state index contributed by atoms with van der Waals surface area (Å²) in [5, 5.41) is 0. The Morgan fingerprint density at radius 2 is 1.69 bits per heavy atom. The van der Waals surface area contributed by atoms with E-state index in [1.54, 1.807) is 25.1 Å². The smallest absolute Gasteiger partial charge is 0.260 e. The highest BCUT2D eigenvalue weighted by atomic mass is 32.2. The number of aryl methyl sites for hydroxylation is 1. The van der Waals surface area contributed by atoms with Crippen LogP contribution in [0, 0.1) is 6.92 Å². The molecule has 0 aliphatic carbocycles. The third-order valence-electron chi connectivity index (χ3n) is 5.51. The molecule has 0 bridgehead atoms. The average Bonchev–Trinajstić information content (AvgIpc) is 2.73. The zero-order chi connectivity index (χ0) is 21.2. The summed E-state index contributed by atoms with van der Waals surface area (Å²) in [5.41, 5.74) is 1.45. The second kappa shape index (κ2) is 8.51. The molecule has 0 saturated carbocycles. The van der Waals surface area contributed by atoms with Crippen LogP contribution in [0.2, 0.25) is 0 Å². The molecule has 1 atom stereocenters. The van der Waals surface area contributed by atoms with Crippen molar-refractivity contribution >= 4 is 15.9 Å². The summed E-state index contributed by atoms with van der Waals surface area (Å²) < 4.78 is 27.3. The lowest BCUT2D eigenvalue weighted by atomic mass is 9.99. The van der Waals surface area contributed by atoms with Gasteiger partial charge in [0.2, 0.25) is 10.0 Å². The number of hydrogen-bond acceptors (Lipinski definition) is 4. The summed E-state index contributed by atoms with van der Waals surface area (Å²) >= 11 is 0. The number of aromatic amines is 1. The lowest BCUT2D eigenvalue weighted by Gasteiger charge is -2.34. The van der Waals surface area contributed by atoms with E-state index in [1.165, 1.54) is 15.3 Å². The lowest BCUT2D eigenvalue weighted by Crippen LogP contribution is -2.51. The maximum absolute atomic E-state index is 12.9. The van der Waals surface area contributed by atoms with Gasteiger partial charge < -0.3 is 9.88 Å². The standard InChI is InChI=1S/C21H27N3O4S/c1-4-15(2)17-6-8-18(9-7-17)29(27,28)24-13-11-23(12-14-24)21(26)19-10-5-16(3)22-20(19)25/h5-10,15H,4,11-14H2,1-3H3,(H,22,25). The second-order valence-corrected chi connectivity index (χ2v) is 9.40. The number of carbonyl (C=O) groups excluding carboxylic acids is 1. The summed E-state index contributed by atoms with van der Waals surface area (Å²) in [6.07, 6.45) is 0.992. The maximum atomic E-state index is 12.9. The molecule has 1 aromatic heterocycles. The number of nitrogens with zero attached hydrogens (tertiary/aromatic N) is 2. The molecule has 1 aliphatic heterocycles. The number of carbonyl (C=O) groups is 1. The predicted octanol–water partition coefficient (Wildman–Crippen LogP) is 2.34. The molecule has 8 heteroatoms. The lowest BCUT2D eigenvalue weighted by molar-refractivity contribution is 0.0696. The van der Waals surface area contributed by atoms with Gasteiger partial charge in [0.15, 0.2) is 0 Å². The maximum Gasteiger partial charge on any atom is 0.260 e. The number of nitrogens with one attached hydrogen (secondary N) is 1. The second-order valence-electron chi connectivity index (χ2n) is 7.46. The number of piperazine rings is 1. The van der Waals surface area contributed by atoms with Crippen LogP contribution in [0.25, 0.3) is 0 Å². The fourth-order valence-corrected chi connectivity index (χ4v) is 4.82. The van der Waals surface area contributed by atoms with Gasteiger partial charge in [-0.2, -0.15) is 4.31 Å². The zero-order valence-corrected chi connectivity index (χ0v) is 17.8. The number of benzene rings is 1. The van der Waals surface area contributed by atoms with Gasteiger partial charge in [-0.15, -0.1) is 0 Å². The first-order valence-corrected chi connectivity index (χ1v) is 11.3. The molecule has 0 spiro atoms. The molecule has 1 amide bonds. The van der Waals surface area contributed by atoms with E-state index >= 15 is 0 Å². The van der Waals surface area contributed by atoms with Crippen LogP contribution in [0.4, 0.5) is 0 Å². The first kappa shape index (κ1) is 21.3. The van der Waals surface area contributed by atoms with Crippen molar-refractivity contribution in [2.24, 2.45) is 0 Å². The van der Waals surface area contributed by atoms with Crippen molar-refractivity contribution in [2.45, 2.75) is 38.0 Å². The Morgan fingerprint density at radius 1 is 1.07 bits per heavy atom. The van der Waals surface area contributed by atoms with Crippen molar-refractivity contribution in [2.75, 3.05) is 26.2 Å². The fourth-order valence-electron chi connectivity index (χ4n) is 3.40. The van der Waals surface area contributed by atoms with Crippen LogP contribution in [-0.2, 0) is 10.0 Å². The molecule has 1 unspecified atom stereocenters. The van der Waals surface area contributed by atoms with Crippen LogP contribution < -0.4 is 5.56 Å². The van der Waals surface area contributed by atoms with Crippen molar-refractivity contribution in [3.8, 4) is 0 Å². The molecule has 1 N–H and O–H groups in total. The van der Waals surface area contributed by atoms with E-state index in [4.69, 9.17) is 0 Å². The Labute approximate surface area is 171 Å². The van der Waals surface area contributed by atoms with Gasteiger partial charge in [0.05, 0.1) is 4.90 Å². The zero-order valence-electron chi connectivity index (χ0n) is 17.0. The number of rotatable bonds is 5. The fraction of sp³-hybridized carbons (Fsp3) is 0.429. The van der Waals surface area contributed by atoms with Crippen molar-refractivity contribution in [1.29, 1.82) is 0 Å². The minimum atomic E-state index is -3.61. The van der Waals surface area contributed by atoms with Gasteiger partial charge in [-0.3, -0.25) is 9.59 Å². The van der Waals surface area contributed by atoms with E-state index in [9.17, 15) is 18.0 Å². The van der Waals surface area contributed by atoms with Gasteiger partial charge >= 0.3 is 0 Å². The minimum Gasteiger partial charge on any atom is -0.336 e. The topological polar surface area (TPSA) is 90.6 Å². The van der Waals surface area contributed by atoms with Gasteiger partial charge in [-0.25, -0.2) is 8.42 Å².